The van der Waals surface area contributed by atoms with E-state index in [0.717, 1.165) is 11.1 Å². The molecule has 18 heavy (non-hydrogen) atoms. The fourth-order valence-corrected chi connectivity index (χ4v) is 2.24. The number of benzene rings is 1. The first-order chi connectivity index (χ1) is 8.72. The van der Waals surface area contributed by atoms with Crippen molar-refractivity contribution in [2.45, 2.75) is 26.0 Å². The van der Waals surface area contributed by atoms with Gasteiger partial charge in [0.1, 0.15) is 0 Å². The number of rotatable bonds is 0. The van der Waals surface area contributed by atoms with Crippen LogP contribution in [0.1, 0.15) is 25.0 Å². The second kappa shape index (κ2) is 4.78. The van der Waals surface area contributed by atoms with Crippen molar-refractivity contribution in [2.24, 2.45) is 0 Å². The van der Waals surface area contributed by atoms with E-state index in [2.05, 4.69) is 10.6 Å². The van der Waals surface area contributed by atoms with Gasteiger partial charge in [-0.3, -0.25) is 10.1 Å². The Hall–Kier alpha value is -1.88. The lowest BCUT2D eigenvalue weighted by Crippen LogP contribution is -2.50. The Bertz CT molecular complexity index is 487. The highest BCUT2D eigenvalue weighted by atomic mass is 16.5. The molecule has 0 aromatic heterocycles. The van der Waals surface area contributed by atoms with E-state index in [0.29, 0.717) is 6.61 Å². The molecule has 2 aliphatic heterocycles. The SMILES string of the molecule is CC.O=C1NC(=O)C2(COCc3ccccc32)N1. The third-order valence-corrected chi connectivity index (χ3v) is 2.99. The van der Waals surface area contributed by atoms with Gasteiger partial charge in [-0.2, -0.15) is 0 Å². The lowest BCUT2D eigenvalue weighted by Gasteiger charge is -2.32. The number of imide groups is 1. The Kier molecular flexibility index (Phi) is 3.34. The van der Waals surface area contributed by atoms with Gasteiger partial charge in [0.15, 0.2) is 5.54 Å². The van der Waals surface area contributed by atoms with Crippen LogP contribution in [0.4, 0.5) is 4.79 Å². The van der Waals surface area contributed by atoms with E-state index in [-0.39, 0.29) is 12.5 Å². The van der Waals surface area contributed by atoms with E-state index >= 15 is 0 Å². The van der Waals surface area contributed by atoms with Crippen LogP contribution in [0.2, 0.25) is 0 Å². The Morgan fingerprint density at radius 1 is 1.22 bits per heavy atom. The minimum atomic E-state index is -1.04. The number of nitrogens with one attached hydrogen (secondary N) is 2. The van der Waals surface area contributed by atoms with Crippen molar-refractivity contribution < 1.29 is 14.3 Å². The molecule has 0 bridgehead atoms. The van der Waals surface area contributed by atoms with E-state index in [9.17, 15) is 9.59 Å². The number of urea groups is 1. The topological polar surface area (TPSA) is 67.4 Å². The van der Waals surface area contributed by atoms with Crippen molar-refractivity contribution in [3.63, 3.8) is 0 Å². The number of ether oxygens (including phenoxy) is 1. The molecule has 0 aliphatic carbocycles. The second-order valence-electron chi connectivity index (χ2n) is 3.96. The van der Waals surface area contributed by atoms with Crippen LogP contribution in [-0.2, 0) is 21.7 Å². The Balaban J connectivity index is 0.000000574. The number of amides is 3. The quantitative estimate of drug-likeness (QED) is 0.680. The van der Waals surface area contributed by atoms with Crippen LogP contribution >= 0.6 is 0 Å². The van der Waals surface area contributed by atoms with E-state index in [1.54, 1.807) is 0 Å². The molecule has 96 valence electrons. The molecule has 2 N–H and O–H groups in total. The number of hydrogen-bond donors (Lipinski definition) is 2. The standard InChI is InChI=1S/C11H10N2O3.C2H6/c14-9-11(13-10(15)12-9)6-16-5-7-3-1-2-4-8(7)11;1-2/h1-4H,5-6H2,(H2,12,13,14,15);1-2H3. The van der Waals surface area contributed by atoms with Crippen LogP contribution in [0.5, 0.6) is 0 Å². The molecule has 1 unspecified atom stereocenters. The molecule has 1 spiro atoms. The summed E-state index contributed by atoms with van der Waals surface area (Å²) in [5, 5.41) is 4.90. The summed E-state index contributed by atoms with van der Waals surface area (Å²) in [4.78, 5) is 23.1. The molecule has 3 amide bonds. The maximum absolute atomic E-state index is 11.8. The summed E-state index contributed by atoms with van der Waals surface area (Å²) in [5.74, 6) is -0.343. The van der Waals surface area contributed by atoms with E-state index in [4.69, 9.17) is 4.74 Å². The fourth-order valence-electron chi connectivity index (χ4n) is 2.24. The van der Waals surface area contributed by atoms with Gasteiger partial charge in [0.2, 0.25) is 0 Å². The van der Waals surface area contributed by atoms with E-state index in [1.807, 2.05) is 38.1 Å². The summed E-state index contributed by atoms with van der Waals surface area (Å²) in [6.45, 7) is 4.66. The van der Waals surface area contributed by atoms with Crippen molar-refractivity contribution in [1.29, 1.82) is 0 Å². The van der Waals surface area contributed by atoms with Gasteiger partial charge in [0.05, 0.1) is 13.2 Å². The number of carbonyl (C=O) groups is 2. The summed E-state index contributed by atoms with van der Waals surface area (Å²) in [6.07, 6.45) is 0. The summed E-state index contributed by atoms with van der Waals surface area (Å²) in [5.41, 5.74) is 0.724. The fraction of sp³-hybridized carbons (Fsp3) is 0.385. The van der Waals surface area contributed by atoms with Gasteiger partial charge in [-0.15, -0.1) is 0 Å². The Morgan fingerprint density at radius 3 is 2.61 bits per heavy atom. The predicted octanol–water partition coefficient (Wildman–Crippen LogP) is 1.28. The zero-order valence-corrected chi connectivity index (χ0v) is 10.4. The van der Waals surface area contributed by atoms with Crippen LogP contribution in [0.25, 0.3) is 0 Å². The highest BCUT2D eigenvalue weighted by Crippen LogP contribution is 2.32. The van der Waals surface area contributed by atoms with Crippen LogP contribution in [0.15, 0.2) is 24.3 Å². The molecule has 3 rings (SSSR count). The predicted molar refractivity (Wildman–Crippen MR) is 65.8 cm³/mol. The summed E-state index contributed by atoms with van der Waals surface area (Å²) in [6, 6.07) is 7.02. The first kappa shape index (κ1) is 12.6. The van der Waals surface area contributed by atoms with Crippen molar-refractivity contribution in [2.75, 3.05) is 6.61 Å². The summed E-state index contributed by atoms with van der Waals surface area (Å²) in [7, 11) is 0. The van der Waals surface area contributed by atoms with Crippen molar-refractivity contribution >= 4 is 11.9 Å². The van der Waals surface area contributed by atoms with Crippen LogP contribution < -0.4 is 10.6 Å². The Morgan fingerprint density at radius 2 is 1.94 bits per heavy atom. The number of hydrogen-bond acceptors (Lipinski definition) is 3. The normalized spacial score (nSPS) is 24.8. The second-order valence-corrected chi connectivity index (χ2v) is 3.96. The Labute approximate surface area is 106 Å². The lowest BCUT2D eigenvalue weighted by atomic mass is 9.85. The van der Waals surface area contributed by atoms with E-state index in [1.165, 1.54) is 0 Å². The van der Waals surface area contributed by atoms with Crippen molar-refractivity contribution in [3.05, 3.63) is 35.4 Å². The molecule has 2 heterocycles. The summed E-state index contributed by atoms with van der Waals surface area (Å²) >= 11 is 0. The van der Waals surface area contributed by atoms with Gasteiger partial charge in [-0.05, 0) is 11.1 Å². The van der Waals surface area contributed by atoms with Crippen molar-refractivity contribution in [1.82, 2.24) is 10.6 Å². The minimum Gasteiger partial charge on any atom is -0.373 e. The van der Waals surface area contributed by atoms with Gasteiger partial charge in [-0.25, -0.2) is 4.79 Å². The van der Waals surface area contributed by atoms with Gasteiger partial charge < -0.3 is 10.1 Å². The summed E-state index contributed by atoms with van der Waals surface area (Å²) < 4.78 is 5.38. The highest BCUT2D eigenvalue weighted by molar-refractivity contribution is 6.07. The molecule has 1 aromatic rings. The maximum Gasteiger partial charge on any atom is 0.322 e. The van der Waals surface area contributed by atoms with Gasteiger partial charge >= 0.3 is 6.03 Å². The lowest BCUT2D eigenvalue weighted by molar-refractivity contribution is -0.127. The van der Waals surface area contributed by atoms with Gasteiger partial charge in [0, 0.05) is 0 Å². The minimum absolute atomic E-state index is 0.182. The molecule has 1 saturated heterocycles. The van der Waals surface area contributed by atoms with Crippen molar-refractivity contribution in [3.8, 4) is 0 Å². The first-order valence-electron chi connectivity index (χ1n) is 6.02. The average Bonchev–Trinajstić information content (AvgIpc) is 2.68. The smallest absolute Gasteiger partial charge is 0.322 e. The molecule has 1 atom stereocenters. The van der Waals surface area contributed by atoms with Gasteiger partial charge in [0.25, 0.3) is 5.91 Å². The molecule has 2 aliphatic rings. The molecule has 0 saturated carbocycles. The average molecular weight is 248 g/mol. The van der Waals surface area contributed by atoms with Gasteiger partial charge in [-0.1, -0.05) is 38.1 Å². The maximum atomic E-state index is 11.8. The third-order valence-electron chi connectivity index (χ3n) is 2.99. The first-order valence-corrected chi connectivity index (χ1v) is 6.02. The number of fused-ring (bicyclic) bond motifs is 2. The largest absolute Gasteiger partial charge is 0.373 e. The molecule has 0 radical (unpaired) electrons. The monoisotopic (exact) mass is 248 g/mol. The third kappa shape index (κ3) is 1.76. The van der Waals surface area contributed by atoms with Crippen LogP contribution in [0, 0.1) is 0 Å². The van der Waals surface area contributed by atoms with E-state index < -0.39 is 11.6 Å². The zero-order chi connectivity index (χ0) is 13.2. The number of carbonyl (C=O) groups excluding carboxylic acids is 2. The highest BCUT2D eigenvalue weighted by Gasteiger charge is 2.50. The van der Waals surface area contributed by atoms with Crippen LogP contribution in [-0.4, -0.2) is 18.5 Å². The molecule has 5 heteroatoms. The molecule has 1 fully saturated rings. The molecule has 1 aromatic carbocycles. The molecular formula is C13H16N2O3. The molecular weight excluding hydrogens is 232 g/mol. The van der Waals surface area contributed by atoms with Crippen LogP contribution in [0.3, 0.4) is 0 Å². The zero-order valence-electron chi connectivity index (χ0n) is 10.4. The molecule has 5 nitrogen and oxygen atoms in total.